The maximum atomic E-state index is 7.28. The fraction of sp³-hybridized carbons (Fsp3) is 0.108. The van der Waals surface area contributed by atoms with Crippen molar-refractivity contribution >= 4 is 95.4 Å². The standard InChI is InChI=1S/C74H59Cl2N3/c1-73(2,3)52-41-60(48-25-11-7-12-26-48)70(61(42-52)49-27-13-8-14-28-49)77(56-35-23-33-54(75)45-56)66-47-67(69-59-38-20-22-40-65(59)79-64-39-21-19-37-58(64)68(66)72(69)79)78(57-36-24-34-55(76)46-57)71-62(50-29-15-9-16-30-50)43-53(74(4,5)6)44-63(71)51-31-17-10-18-32-51/h7-47H,1-6H3. The number of rotatable bonds is 10. The summed E-state index contributed by atoms with van der Waals surface area (Å²) in [4.78, 5) is 5.03. The van der Waals surface area contributed by atoms with Crippen molar-refractivity contribution in [3.8, 4) is 44.5 Å². The van der Waals surface area contributed by atoms with Gasteiger partial charge in [-0.15, -0.1) is 0 Å². The van der Waals surface area contributed by atoms with Crippen LogP contribution in [-0.4, -0.2) is 4.40 Å². The lowest BCUT2D eigenvalue weighted by Crippen LogP contribution is -2.18. The van der Waals surface area contributed by atoms with Crippen LogP contribution in [0.3, 0.4) is 0 Å². The summed E-state index contributed by atoms with van der Waals surface area (Å²) in [7, 11) is 0. The number of aromatic nitrogens is 1. The summed E-state index contributed by atoms with van der Waals surface area (Å²) in [5.74, 6) is 0. The van der Waals surface area contributed by atoms with Crippen molar-refractivity contribution in [1.82, 2.24) is 4.40 Å². The van der Waals surface area contributed by atoms with Crippen LogP contribution in [0.1, 0.15) is 52.7 Å². The molecule has 0 radical (unpaired) electrons. The van der Waals surface area contributed by atoms with Crippen LogP contribution >= 0.6 is 23.2 Å². The van der Waals surface area contributed by atoms with Gasteiger partial charge in [0.05, 0.1) is 39.3 Å². The van der Waals surface area contributed by atoms with Crippen molar-refractivity contribution < 1.29 is 0 Å². The van der Waals surface area contributed by atoms with E-state index < -0.39 is 0 Å². The molecular formula is C74H59Cl2N3. The van der Waals surface area contributed by atoms with Crippen molar-refractivity contribution in [3.63, 3.8) is 0 Å². The fourth-order valence-corrected chi connectivity index (χ4v) is 12.2. The Morgan fingerprint density at radius 3 is 0.962 bits per heavy atom. The summed E-state index contributed by atoms with van der Waals surface area (Å²) in [6, 6.07) is 90.3. The molecule has 0 amide bonds. The topological polar surface area (TPSA) is 10.9 Å². The maximum absolute atomic E-state index is 7.28. The molecule has 0 fully saturated rings. The molecule has 79 heavy (non-hydrogen) atoms. The number of fused-ring (bicyclic) bond motifs is 6. The minimum Gasteiger partial charge on any atom is -0.308 e. The average molecular weight is 1060 g/mol. The van der Waals surface area contributed by atoms with Gasteiger partial charge >= 0.3 is 0 Å². The van der Waals surface area contributed by atoms with Gasteiger partial charge in [-0.1, -0.05) is 235 Å². The van der Waals surface area contributed by atoms with Gasteiger partial charge in [0.1, 0.15) is 0 Å². The third-order valence-corrected chi connectivity index (χ3v) is 16.1. The van der Waals surface area contributed by atoms with E-state index in [9.17, 15) is 0 Å². The molecule has 2 heterocycles. The summed E-state index contributed by atoms with van der Waals surface area (Å²) in [5.41, 5.74) is 20.3. The molecule has 0 aliphatic heterocycles. The molecule has 0 aliphatic rings. The van der Waals surface area contributed by atoms with E-state index in [2.05, 4.69) is 292 Å². The van der Waals surface area contributed by atoms with Crippen molar-refractivity contribution in [3.05, 3.63) is 270 Å². The summed E-state index contributed by atoms with van der Waals surface area (Å²) in [6.07, 6.45) is 0. The molecular weight excluding hydrogens is 1000 g/mol. The van der Waals surface area contributed by atoms with Gasteiger partial charge in [-0.3, -0.25) is 0 Å². The highest BCUT2D eigenvalue weighted by Crippen LogP contribution is 2.58. The number of nitrogens with zero attached hydrogens (tertiary/aromatic N) is 3. The molecule has 13 rings (SSSR count). The highest BCUT2D eigenvalue weighted by Gasteiger charge is 2.34. The molecule has 5 heteroatoms. The van der Waals surface area contributed by atoms with Crippen LogP contribution in [0.5, 0.6) is 0 Å². The van der Waals surface area contributed by atoms with Crippen molar-refractivity contribution in [2.24, 2.45) is 0 Å². The average Bonchev–Trinajstić information content (AvgIpc) is 3.45. The van der Waals surface area contributed by atoms with Gasteiger partial charge in [0.25, 0.3) is 0 Å². The third-order valence-electron chi connectivity index (χ3n) is 15.7. The van der Waals surface area contributed by atoms with E-state index in [0.717, 1.165) is 117 Å². The number of halogens is 2. The molecule has 0 N–H and O–H groups in total. The smallest absolute Gasteiger partial charge is 0.0662 e. The van der Waals surface area contributed by atoms with E-state index in [4.69, 9.17) is 23.2 Å². The van der Waals surface area contributed by atoms with Crippen LogP contribution in [0, 0.1) is 0 Å². The molecule has 0 aliphatic carbocycles. The summed E-state index contributed by atoms with van der Waals surface area (Å²) >= 11 is 14.6. The lowest BCUT2D eigenvalue weighted by Gasteiger charge is -2.36. The number of benzene rings is 11. The van der Waals surface area contributed by atoms with Crippen molar-refractivity contribution in [2.45, 2.75) is 52.4 Å². The first-order valence-electron chi connectivity index (χ1n) is 27.2. The Hall–Kier alpha value is -8.60. The minimum absolute atomic E-state index is 0.181. The molecule has 11 aromatic carbocycles. The summed E-state index contributed by atoms with van der Waals surface area (Å²) < 4.78 is 2.51. The fourth-order valence-electron chi connectivity index (χ4n) is 11.9. The molecule has 0 saturated carbocycles. The van der Waals surface area contributed by atoms with Gasteiger partial charge in [0.15, 0.2) is 0 Å². The van der Waals surface area contributed by atoms with Crippen LogP contribution in [0.2, 0.25) is 10.0 Å². The molecule has 0 bridgehead atoms. The molecule has 0 spiro atoms. The zero-order valence-electron chi connectivity index (χ0n) is 45.3. The number of hydrogen-bond acceptors (Lipinski definition) is 2. The van der Waals surface area contributed by atoms with Crippen LogP contribution in [0.4, 0.5) is 34.1 Å². The molecule has 0 atom stereocenters. The Morgan fingerprint density at radius 2 is 0.646 bits per heavy atom. The summed E-state index contributed by atoms with van der Waals surface area (Å²) in [6.45, 7) is 13.8. The van der Waals surface area contributed by atoms with E-state index in [1.54, 1.807) is 0 Å². The Balaban J connectivity index is 1.29. The maximum Gasteiger partial charge on any atom is 0.0662 e. The SMILES string of the molecule is CC(C)(C)c1cc(-c2ccccc2)c(N(c2cccc(Cl)c2)c2cc(N(c3cccc(Cl)c3)c3c(-c4ccccc4)cc(C(C)(C)C)cc3-c3ccccc3)c3c4ccccc4n4c5ccccc5c2c34)c(-c2ccccc2)c1. The molecule has 13 aromatic rings. The highest BCUT2D eigenvalue weighted by molar-refractivity contribution is 6.33. The van der Waals surface area contributed by atoms with Gasteiger partial charge in [-0.2, -0.15) is 0 Å². The lowest BCUT2D eigenvalue weighted by molar-refractivity contribution is 0.590. The van der Waals surface area contributed by atoms with Gasteiger partial charge in [-0.05, 0) is 123 Å². The van der Waals surface area contributed by atoms with Gasteiger partial charge < -0.3 is 14.2 Å². The Labute approximate surface area is 473 Å². The van der Waals surface area contributed by atoms with Crippen LogP contribution in [0.15, 0.2) is 249 Å². The van der Waals surface area contributed by atoms with Gasteiger partial charge in [-0.25, -0.2) is 0 Å². The third kappa shape index (κ3) is 8.79. The van der Waals surface area contributed by atoms with Crippen LogP contribution in [0.25, 0.3) is 82.6 Å². The van der Waals surface area contributed by atoms with Gasteiger partial charge in [0, 0.05) is 65.2 Å². The predicted molar refractivity (Wildman–Crippen MR) is 340 cm³/mol. The molecule has 2 aromatic heterocycles. The van der Waals surface area contributed by atoms with E-state index >= 15 is 0 Å². The zero-order chi connectivity index (χ0) is 54.2. The van der Waals surface area contributed by atoms with Crippen molar-refractivity contribution in [2.75, 3.05) is 9.80 Å². The zero-order valence-corrected chi connectivity index (χ0v) is 46.8. The monoisotopic (exact) mass is 1060 g/mol. The largest absolute Gasteiger partial charge is 0.308 e. The van der Waals surface area contributed by atoms with Crippen LogP contribution < -0.4 is 9.80 Å². The predicted octanol–water partition coefficient (Wildman–Crippen LogP) is 22.3. The Morgan fingerprint density at radius 1 is 0.329 bits per heavy atom. The van der Waals surface area contributed by atoms with E-state index in [1.807, 2.05) is 12.1 Å². The normalized spacial score (nSPS) is 12.1. The van der Waals surface area contributed by atoms with E-state index in [0.29, 0.717) is 10.0 Å². The first-order valence-corrected chi connectivity index (χ1v) is 28.0. The highest BCUT2D eigenvalue weighted by atomic mass is 35.5. The molecule has 384 valence electrons. The second-order valence-corrected chi connectivity index (χ2v) is 23.7. The first kappa shape index (κ1) is 49.9. The number of para-hydroxylation sites is 2. The Kier molecular flexibility index (Phi) is 12.4. The number of hydrogen-bond donors (Lipinski definition) is 0. The van der Waals surface area contributed by atoms with Gasteiger partial charge in [0.2, 0.25) is 0 Å². The lowest BCUT2D eigenvalue weighted by atomic mass is 9.81. The first-order chi connectivity index (χ1) is 38.3. The van der Waals surface area contributed by atoms with E-state index in [-0.39, 0.29) is 10.8 Å². The van der Waals surface area contributed by atoms with Crippen LogP contribution in [-0.2, 0) is 10.8 Å². The molecule has 0 saturated heterocycles. The minimum atomic E-state index is -0.181. The van der Waals surface area contributed by atoms with E-state index in [1.165, 1.54) is 11.1 Å². The number of anilines is 6. The summed E-state index contributed by atoms with van der Waals surface area (Å²) in [5, 5.41) is 5.84. The second-order valence-electron chi connectivity index (χ2n) is 22.8. The van der Waals surface area contributed by atoms with Crippen molar-refractivity contribution in [1.29, 1.82) is 0 Å². The quantitative estimate of drug-likeness (QED) is 0.135. The molecule has 3 nitrogen and oxygen atoms in total. The Bertz CT molecular complexity index is 4000. The molecule has 0 unspecified atom stereocenters. The second kappa shape index (κ2) is 19.7.